The van der Waals surface area contributed by atoms with E-state index < -0.39 is 23.5 Å². The highest BCUT2D eigenvalue weighted by atomic mass is 19.4. The second-order valence-corrected chi connectivity index (χ2v) is 11.2. The van der Waals surface area contributed by atoms with Crippen molar-refractivity contribution in [3.8, 4) is 22.3 Å². The van der Waals surface area contributed by atoms with Gasteiger partial charge in [0.25, 0.3) is 0 Å². The van der Waals surface area contributed by atoms with Crippen LogP contribution in [0.5, 0.6) is 0 Å². The Balaban J connectivity index is 1.36. The molecule has 0 unspecified atom stereocenters. The predicted octanol–water partition coefficient (Wildman–Crippen LogP) is 12.3. The Morgan fingerprint density at radius 1 is 0.341 bits per heavy atom. The summed E-state index contributed by atoms with van der Waals surface area (Å²) in [7, 11) is 0. The van der Waals surface area contributed by atoms with Crippen LogP contribution in [0, 0.1) is 0 Å². The first kappa shape index (κ1) is 26.5. The lowest BCUT2D eigenvalue weighted by molar-refractivity contribution is -0.143. The van der Waals surface area contributed by atoms with E-state index in [2.05, 4.69) is 42.5 Å². The molecule has 0 bridgehead atoms. The van der Waals surface area contributed by atoms with Crippen LogP contribution in [-0.2, 0) is 12.4 Å². The highest BCUT2D eigenvalue weighted by molar-refractivity contribution is 6.25. The van der Waals surface area contributed by atoms with Crippen LogP contribution >= 0.6 is 0 Å². The van der Waals surface area contributed by atoms with Crippen LogP contribution in [0.3, 0.4) is 0 Å². The van der Waals surface area contributed by atoms with Gasteiger partial charge in [0, 0.05) is 0 Å². The normalized spacial score (nSPS) is 12.8. The third-order valence-electron chi connectivity index (χ3n) is 8.51. The molecule has 8 aromatic carbocycles. The van der Waals surface area contributed by atoms with Gasteiger partial charge in [-0.2, -0.15) is 26.3 Å². The SMILES string of the molecule is FC(F)(F)c1cc(-c2cc3ccc4cc(-c5c6ccccc6cc6ccccc56)cc5ccc(c2)c3c45)cc(C(F)(F)F)c1. The third kappa shape index (κ3) is 4.16. The first-order valence-electron chi connectivity index (χ1n) is 14.0. The van der Waals surface area contributed by atoms with Crippen molar-refractivity contribution >= 4 is 53.9 Å². The number of rotatable bonds is 2. The first-order chi connectivity index (χ1) is 21.0. The summed E-state index contributed by atoms with van der Waals surface area (Å²) in [5.74, 6) is 0. The fraction of sp³-hybridized carbons (Fsp3) is 0.0526. The van der Waals surface area contributed by atoms with Gasteiger partial charge in [0.05, 0.1) is 11.1 Å². The summed E-state index contributed by atoms with van der Waals surface area (Å²) >= 11 is 0. The second-order valence-electron chi connectivity index (χ2n) is 11.2. The van der Waals surface area contributed by atoms with Crippen LogP contribution in [0.25, 0.3) is 76.1 Å². The van der Waals surface area contributed by atoms with Gasteiger partial charge in [-0.15, -0.1) is 0 Å². The number of alkyl halides is 6. The van der Waals surface area contributed by atoms with Crippen molar-refractivity contribution in [1.29, 1.82) is 0 Å². The number of halogens is 6. The van der Waals surface area contributed by atoms with Crippen LogP contribution in [0.2, 0.25) is 0 Å². The smallest absolute Gasteiger partial charge is 0.166 e. The van der Waals surface area contributed by atoms with E-state index in [4.69, 9.17) is 0 Å². The van der Waals surface area contributed by atoms with E-state index in [1.165, 1.54) is 0 Å². The minimum absolute atomic E-state index is 0.136. The maximum Gasteiger partial charge on any atom is 0.416 e. The summed E-state index contributed by atoms with van der Waals surface area (Å²) in [5, 5.41) is 9.96. The molecule has 0 nitrogen and oxygen atoms in total. The van der Waals surface area contributed by atoms with Gasteiger partial charge in [-0.1, -0.05) is 72.8 Å². The molecule has 0 fully saturated rings. The maximum atomic E-state index is 13.6. The van der Waals surface area contributed by atoms with Gasteiger partial charge in [0.1, 0.15) is 0 Å². The summed E-state index contributed by atoms with van der Waals surface area (Å²) in [6.07, 6.45) is -9.83. The Labute approximate surface area is 247 Å². The zero-order valence-electron chi connectivity index (χ0n) is 22.8. The summed E-state index contributed by atoms with van der Waals surface area (Å²) in [6, 6.07) is 35.9. The molecule has 0 saturated carbocycles. The Morgan fingerprint density at radius 3 is 1.16 bits per heavy atom. The zero-order chi connectivity index (χ0) is 30.4. The summed E-state index contributed by atoms with van der Waals surface area (Å²) in [4.78, 5) is 0. The van der Waals surface area contributed by atoms with Crippen molar-refractivity contribution < 1.29 is 26.3 Å². The van der Waals surface area contributed by atoms with Crippen molar-refractivity contribution in [3.05, 3.63) is 132 Å². The molecule has 0 aliphatic rings. The average molecular weight is 591 g/mol. The molecular weight excluding hydrogens is 570 g/mol. The molecule has 0 saturated heterocycles. The van der Waals surface area contributed by atoms with E-state index in [-0.39, 0.29) is 17.2 Å². The van der Waals surface area contributed by atoms with Gasteiger partial charge in [-0.05, 0) is 125 Å². The zero-order valence-corrected chi connectivity index (χ0v) is 22.8. The summed E-state index contributed by atoms with van der Waals surface area (Å²) in [6.45, 7) is 0. The fourth-order valence-corrected chi connectivity index (χ4v) is 6.60. The molecule has 0 aromatic heterocycles. The van der Waals surface area contributed by atoms with Crippen LogP contribution in [0.1, 0.15) is 11.1 Å². The summed E-state index contributed by atoms with van der Waals surface area (Å²) < 4.78 is 81.5. The molecule has 0 aliphatic carbocycles. The van der Waals surface area contributed by atoms with E-state index in [0.29, 0.717) is 0 Å². The van der Waals surface area contributed by atoms with E-state index >= 15 is 0 Å². The lowest BCUT2D eigenvalue weighted by atomic mass is 9.87. The minimum Gasteiger partial charge on any atom is -0.166 e. The molecule has 8 aromatic rings. The Bertz CT molecular complexity index is 2260. The first-order valence-corrected chi connectivity index (χ1v) is 14.0. The van der Waals surface area contributed by atoms with Crippen LogP contribution in [0.15, 0.2) is 121 Å². The molecule has 0 N–H and O–H groups in total. The van der Waals surface area contributed by atoms with Gasteiger partial charge in [0.2, 0.25) is 0 Å². The Kier molecular flexibility index (Phi) is 5.54. The van der Waals surface area contributed by atoms with Gasteiger partial charge < -0.3 is 0 Å². The molecule has 0 amide bonds. The van der Waals surface area contributed by atoms with Gasteiger partial charge in [-0.3, -0.25) is 0 Å². The minimum atomic E-state index is -4.92. The predicted molar refractivity (Wildman–Crippen MR) is 166 cm³/mol. The maximum absolute atomic E-state index is 13.6. The quantitative estimate of drug-likeness (QED) is 0.107. The van der Waals surface area contributed by atoms with Crippen LogP contribution < -0.4 is 0 Å². The van der Waals surface area contributed by atoms with Crippen molar-refractivity contribution in [1.82, 2.24) is 0 Å². The molecule has 6 heteroatoms. The topological polar surface area (TPSA) is 0 Å². The standard InChI is InChI=1S/C38H20F6/c39-37(40,41)30-18-28(19-31(20-30)38(42,43)44)27-14-23-9-11-25-16-29(17-26-12-10-24(15-27)34(23)35(25)26)36-32-7-3-1-5-21(32)13-22-6-2-4-8-33(22)36/h1-20H. The second kappa shape index (κ2) is 9.20. The molecule has 0 aliphatic heterocycles. The molecule has 44 heavy (non-hydrogen) atoms. The van der Waals surface area contributed by atoms with Gasteiger partial charge >= 0.3 is 12.4 Å². The lowest BCUT2D eigenvalue weighted by Gasteiger charge is -2.17. The lowest BCUT2D eigenvalue weighted by Crippen LogP contribution is -2.11. The fourth-order valence-electron chi connectivity index (χ4n) is 6.60. The molecule has 0 heterocycles. The number of fused-ring (bicyclic) bond motifs is 2. The Hall–Kier alpha value is -5.10. The molecule has 214 valence electrons. The van der Waals surface area contributed by atoms with E-state index in [0.717, 1.165) is 77.1 Å². The molecule has 0 atom stereocenters. The molecule has 8 rings (SSSR count). The number of hydrogen-bond acceptors (Lipinski definition) is 0. The van der Waals surface area contributed by atoms with Crippen molar-refractivity contribution in [2.75, 3.05) is 0 Å². The Morgan fingerprint density at radius 2 is 0.727 bits per heavy atom. The van der Waals surface area contributed by atoms with Crippen molar-refractivity contribution in [2.45, 2.75) is 12.4 Å². The molecule has 0 radical (unpaired) electrons. The number of hydrogen-bond donors (Lipinski definition) is 0. The van der Waals surface area contributed by atoms with Crippen LogP contribution in [0.4, 0.5) is 26.3 Å². The molecular formula is C38H20F6. The molecule has 0 spiro atoms. The number of benzene rings is 8. The van der Waals surface area contributed by atoms with E-state index in [1.54, 1.807) is 12.1 Å². The largest absolute Gasteiger partial charge is 0.416 e. The highest BCUT2D eigenvalue weighted by Crippen LogP contribution is 2.44. The summed E-state index contributed by atoms with van der Waals surface area (Å²) in [5.41, 5.74) is -0.315. The average Bonchev–Trinajstić information content (AvgIpc) is 3.01. The van der Waals surface area contributed by atoms with Crippen LogP contribution in [-0.4, -0.2) is 0 Å². The van der Waals surface area contributed by atoms with Crippen molar-refractivity contribution in [3.63, 3.8) is 0 Å². The van der Waals surface area contributed by atoms with E-state index in [9.17, 15) is 26.3 Å². The van der Waals surface area contributed by atoms with Crippen molar-refractivity contribution in [2.24, 2.45) is 0 Å². The van der Waals surface area contributed by atoms with Gasteiger partial charge in [-0.25, -0.2) is 0 Å². The van der Waals surface area contributed by atoms with E-state index in [1.807, 2.05) is 48.5 Å². The third-order valence-corrected chi connectivity index (χ3v) is 8.51. The van der Waals surface area contributed by atoms with Gasteiger partial charge in [0.15, 0.2) is 0 Å². The monoisotopic (exact) mass is 590 g/mol. The highest BCUT2D eigenvalue weighted by Gasteiger charge is 2.37.